The monoisotopic (exact) mass is 380 g/mol. The number of hydrogen-bond acceptors (Lipinski definition) is 1. The van der Waals surface area contributed by atoms with Crippen LogP contribution in [0.1, 0.15) is 30.0 Å². The Balaban J connectivity index is 2.06. The quantitative estimate of drug-likeness (QED) is 0.294. The van der Waals surface area contributed by atoms with Gasteiger partial charge >= 0.3 is 6.18 Å². The van der Waals surface area contributed by atoms with Gasteiger partial charge < -0.3 is 0 Å². The highest BCUT2D eigenvalue weighted by molar-refractivity contribution is 6.10. The molecule has 0 amide bonds. The minimum atomic E-state index is -5.37. The second-order valence-corrected chi connectivity index (χ2v) is 6.73. The zero-order valence-corrected chi connectivity index (χ0v) is 13.5. The molecule has 0 radical (unpaired) electrons. The number of fused-ring (bicyclic) bond motifs is 5. The smallest absolute Gasteiger partial charge is 0.235 e. The fourth-order valence-corrected chi connectivity index (χ4v) is 3.63. The lowest BCUT2D eigenvalue weighted by atomic mass is 10.0. The molecule has 2 aromatic heterocycles. The molecular weight excluding hydrogens is 370 g/mol. The summed E-state index contributed by atoms with van der Waals surface area (Å²) in [6.07, 6.45) is -3.69. The van der Waals surface area contributed by atoms with Gasteiger partial charge in [0.15, 0.2) is 17.5 Å². The molecular formula is C19H10F6N2. The Morgan fingerprint density at radius 3 is 2.33 bits per heavy atom. The van der Waals surface area contributed by atoms with Crippen molar-refractivity contribution in [3.05, 3.63) is 59.0 Å². The van der Waals surface area contributed by atoms with Crippen molar-refractivity contribution in [3.63, 3.8) is 0 Å². The summed E-state index contributed by atoms with van der Waals surface area (Å²) in [5.41, 5.74) is -2.35. The summed E-state index contributed by atoms with van der Waals surface area (Å²) in [4.78, 5) is 0. The number of aromatic nitrogens is 2. The van der Waals surface area contributed by atoms with Crippen LogP contribution in [0, 0.1) is 17.5 Å². The zero-order chi connectivity index (χ0) is 19.1. The number of benzene rings is 2. The van der Waals surface area contributed by atoms with Crippen LogP contribution in [0.4, 0.5) is 26.3 Å². The van der Waals surface area contributed by atoms with Gasteiger partial charge in [-0.15, -0.1) is 0 Å². The van der Waals surface area contributed by atoms with E-state index in [9.17, 15) is 26.3 Å². The average Bonchev–Trinajstić information content (AvgIpc) is 3.36. The Morgan fingerprint density at radius 2 is 1.67 bits per heavy atom. The Hall–Kier alpha value is -2.77. The van der Waals surface area contributed by atoms with E-state index in [0.717, 1.165) is 12.8 Å². The molecule has 2 heterocycles. The van der Waals surface area contributed by atoms with Gasteiger partial charge in [0.25, 0.3) is 0 Å². The van der Waals surface area contributed by atoms with E-state index in [0.29, 0.717) is 16.5 Å². The Bertz CT molecular complexity index is 1250. The van der Waals surface area contributed by atoms with Gasteiger partial charge in [0, 0.05) is 17.0 Å². The fourth-order valence-electron chi connectivity index (χ4n) is 3.63. The van der Waals surface area contributed by atoms with Gasteiger partial charge in [0.1, 0.15) is 11.1 Å². The van der Waals surface area contributed by atoms with E-state index in [1.807, 2.05) is 6.07 Å². The van der Waals surface area contributed by atoms with E-state index < -0.39 is 40.1 Å². The van der Waals surface area contributed by atoms with E-state index in [1.165, 1.54) is 4.52 Å². The third kappa shape index (κ3) is 2.18. The van der Waals surface area contributed by atoms with Crippen LogP contribution in [-0.4, -0.2) is 9.61 Å². The van der Waals surface area contributed by atoms with E-state index in [1.54, 1.807) is 24.3 Å². The van der Waals surface area contributed by atoms with Crippen molar-refractivity contribution in [1.82, 2.24) is 9.61 Å². The molecule has 2 nitrogen and oxygen atoms in total. The van der Waals surface area contributed by atoms with Crippen LogP contribution >= 0.6 is 0 Å². The van der Waals surface area contributed by atoms with Gasteiger partial charge in [-0.05, 0) is 24.3 Å². The molecule has 1 aliphatic rings. The van der Waals surface area contributed by atoms with Gasteiger partial charge in [-0.1, -0.05) is 24.3 Å². The van der Waals surface area contributed by atoms with Crippen molar-refractivity contribution >= 4 is 27.2 Å². The first kappa shape index (κ1) is 16.4. The minimum Gasteiger partial charge on any atom is -0.235 e. The van der Waals surface area contributed by atoms with Gasteiger partial charge in [0.05, 0.1) is 10.9 Å². The summed E-state index contributed by atoms with van der Waals surface area (Å²) in [5.74, 6) is -5.79. The highest BCUT2D eigenvalue weighted by atomic mass is 19.4. The molecule has 1 saturated carbocycles. The van der Waals surface area contributed by atoms with Crippen molar-refractivity contribution < 1.29 is 26.3 Å². The maximum Gasteiger partial charge on any atom is 0.422 e. The van der Waals surface area contributed by atoms with Crippen LogP contribution in [0.15, 0.2) is 30.3 Å². The van der Waals surface area contributed by atoms with Crippen LogP contribution in [0.5, 0.6) is 0 Å². The van der Waals surface area contributed by atoms with Crippen molar-refractivity contribution in [3.8, 4) is 0 Å². The van der Waals surface area contributed by atoms with Crippen molar-refractivity contribution in [1.29, 1.82) is 0 Å². The molecule has 0 saturated heterocycles. The first-order valence-corrected chi connectivity index (χ1v) is 8.26. The second-order valence-electron chi connectivity index (χ2n) is 6.73. The minimum absolute atomic E-state index is 0.0778. The summed E-state index contributed by atoms with van der Waals surface area (Å²) < 4.78 is 83.9. The van der Waals surface area contributed by atoms with E-state index >= 15 is 0 Å². The maximum absolute atomic E-state index is 14.7. The highest BCUT2D eigenvalue weighted by Gasteiger charge is 2.42. The standard InChI is InChI=1S/C19H10F6N2/c20-14-12-17(16(22)13(15(14)21)19(23,24)25)26-27-11(8-5-6-8)7-9-3-1-2-4-10(9)18(12)27/h1-4,7-8H,5-6H2. The predicted molar refractivity (Wildman–Crippen MR) is 87.1 cm³/mol. The van der Waals surface area contributed by atoms with Crippen molar-refractivity contribution in [2.45, 2.75) is 24.9 Å². The van der Waals surface area contributed by atoms with E-state index in [-0.39, 0.29) is 11.4 Å². The lowest BCUT2D eigenvalue weighted by molar-refractivity contribution is -0.142. The first-order chi connectivity index (χ1) is 12.8. The molecule has 0 aliphatic heterocycles. The lowest BCUT2D eigenvalue weighted by Crippen LogP contribution is -2.13. The molecule has 2 aromatic carbocycles. The summed E-state index contributed by atoms with van der Waals surface area (Å²) in [6, 6.07) is 8.60. The maximum atomic E-state index is 14.7. The average molecular weight is 380 g/mol. The number of alkyl halides is 3. The largest absolute Gasteiger partial charge is 0.422 e. The summed E-state index contributed by atoms with van der Waals surface area (Å²) in [5, 5.41) is 4.53. The molecule has 27 heavy (non-hydrogen) atoms. The normalized spacial score (nSPS) is 15.3. The predicted octanol–water partition coefficient (Wildman–Crippen LogP) is 5.95. The Morgan fingerprint density at radius 1 is 0.963 bits per heavy atom. The molecule has 4 aromatic rings. The van der Waals surface area contributed by atoms with Gasteiger partial charge in [-0.2, -0.15) is 18.3 Å². The number of rotatable bonds is 1. The molecule has 0 spiro atoms. The number of nitrogens with zero attached hydrogens (tertiary/aromatic N) is 2. The molecule has 8 heteroatoms. The zero-order valence-electron chi connectivity index (χ0n) is 13.5. The van der Waals surface area contributed by atoms with Crippen molar-refractivity contribution in [2.24, 2.45) is 0 Å². The van der Waals surface area contributed by atoms with Gasteiger partial charge in [0.2, 0.25) is 0 Å². The molecule has 1 fully saturated rings. The van der Waals surface area contributed by atoms with Crippen LogP contribution < -0.4 is 0 Å². The summed E-state index contributed by atoms with van der Waals surface area (Å²) in [6.45, 7) is 0. The van der Waals surface area contributed by atoms with E-state index in [2.05, 4.69) is 5.10 Å². The van der Waals surface area contributed by atoms with Gasteiger partial charge in [-0.3, -0.25) is 0 Å². The summed E-state index contributed by atoms with van der Waals surface area (Å²) in [7, 11) is 0. The summed E-state index contributed by atoms with van der Waals surface area (Å²) >= 11 is 0. The SMILES string of the molecule is Fc1c(C(F)(F)F)c(F)c2nn3c(C4CC4)cc4ccccc4c3c2c1F. The van der Waals surface area contributed by atoms with Crippen LogP contribution in [0.25, 0.3) is 27.2 Å². The fraction of sp³-hybridized carbons (Fsp3) is 0.211. The molecule has 0 atom stereocenters. The third-order valence-electron chi connectivity index (χ3n) is 4.99. The lowest BCUT2D eigenvalue weighted by Gasteiger charge is -2.10. The Labute approximate surface area is 148 Å². The molecule has 0 N–H and O–H groups in total. The van der Waals surface area contributed by atoms with Crippen molar-refractivity contribution in [2.75, 3.05) is 0 Å². The number of halogens is 6. The first-order valence-electron chi connectivity index (χ1n) is 8.26. The Kier molecular flexibility index (Phi) is 3.13. The number of hydrogen-bond donors (Lipinski definition) is 0. The van der Waals surface area contributed by atoms with Gasteiger partial charge in [-0.25, -0.2) is 17.7 Å². The number of pyridine rings is 1. The molecule has 0 bridgehead atoms. The van der Waals surface area contributed by atoms with Crippen LogP contribution in [0.2, 0.25) is 0 Å². The third-order valence-corrected chi connectivity index (χ3v) is 4.99. The second kappa shape index (κ2) is 5.15. The molecule has 138 valence electrons. The molecule has 1 aliphatic carbocycles. The van der Waals surface area contributed by atoms with Crippen LogP contribution in [0.3, 0.4) is 0 Å². The topological polar surface area (TPSA) is 17.3 Å². The highest BCUT2D eigenvalue weighted by Crippen LogP contribution is 2.44. The molecule has 0 unspecified atom stereocenters. The van der Waals surface area contributed by atoms with Crippen LogP contribution in [-0.2, 0) is 6.18 Å². The molecule has 5 rings (SSSR count). The van der Waals surface area contributed by atoms with E-state index in [4.69, 9.17) is 0 Å².